The number of hydrogen-bond donors (Lipinski definition) is 2. The van der Waals surface area contributed by atoms with Crippen molar-refractivity contribution in [2.75, 3.05) is 6.61 Å². The zero-order chi connectivity index (χ0) is 12.3. The first kappa shape index (κ1) is 11.3. The molecule has 3 N–H and O–H groups in total. The quantitative estimate of drug-likeness (QED) is 0.473. The maximum atomic E-state index is 11.6. The van der Waals surface area contributed by atoms with Crippen LogP contribution in [0.3, 0.4) is 0 Å². The van der Waals surface area contributed by atoms with Crippen molar-refractivity contribution in [2.24, 2.45) is 5.84 Å². The van der Waals surface area contributed by atoms with E-state index in [0.717, 1.165) is 5.39 Å². The van der Waals surface area contributed by atoms with Gasteiger partial charge in [0.2, 0.25) is 0 Å². The summed E-state index contributed by atoms with van der Waals surface area (Å²) in [5, 5.41) is 0.724. The second-order valence-corrected chi connectivity index (χ2v) is 3.42. The average molecular weight is 231 g/mol. The zero-order valence-electron chi connectivity index (χ0n) is 9.43. The summed E-state index contributed by atoms with van der Waals surface area (Å²) in [7, 11) is 0. The van der Waals surface area contributed by atoms with Gasteiger partial charge in [0, 0.05) is 11.6 Å². The number of hydrazine groups is 1. The molecule has 0 atom stereocenters. The molecule has 0 aliphatic heterocycles. The van der Waals surface area contributed by atoms with Crippen molar-refractivity contribution in [3.8, 4) is 5.75 Å². The standard InChI is InChI=1S/C12H13N3O2/c1-2-17-10-6-5-9(12(16)15-13)8-4-3-7-14-11(8)10/h3-7H,2,13H2,1H3,(H,15,16). The predicted molar refractivity (Wildman–Crippen MR) is 64.6 cm³/mol. The number of nitrogens with zero attached hydrogens (tertiary/aromatic N) is 1. The first-order valence-electron chi connectivity index (χ1n) is 5.29. The molecule has 5 heteroatoms. The van der Waals surface area contributed by atoms with Gasteiger partial charge < -0.3 is 4.74 Å². The summed E-state index contributed by atoms with van der Waals surface area (Å²) in [5.74, 6) is 5.46. The topological polar surface area (TPSA) is 77.2 Å². The lowest BCUT2D eigenvalue weighted by atomic mass is 10.1. The Labute approximate surface area is 98.6 Å². The molecule has 0 saturated heterocycles. The lowest BCUT2D eigenvalue weighted by molar-refractivity contribution is 0.0955. The van der Waals surface area contributed by atoms with Crippen molar-refractivity contribution >= 4 is 16.8 Å². The fourth-order valence-corrected chi connectivity index (χ4v) is 1.69. The first-order chi connectivity index (χ1) is 8.27. The molecule has 0 radical (unpaired) electrons. The van der Waals surface area contributed by atoms with E-state index >= 15 is 0 Å². The molecule has 0 spiro atoms. The van der Waals surface area contributed by atoms with Crippen LogP contribution in [0, 0.1) is 0 Å². The largest absolute Gasteiger partial charge is 0.492 e. The Morgan fingerprint density at radius 3 is 3.00 bits per heavy atom. The summed E-state index contributed by atoms with van der Waals surface area (Å²) < 4.78 is 5.46. The van der Waals surface area contributed by atoms with E-state index in [2.05, 4.69) is 10.4 Å². The van der Waals surface area contributed by atoms with Crippen LogP contribution in [0.15, 0.2) is 30.5 Å². The number of nitrogens with one attached hydrogen (secondary N) is 1. The number of benzene rings is 1. The maximum Gasteiger partial charge on any atom is 0.265 e. The third-order valence-electron chi connectivity index (χ3n) is 2.41. The van der Waals surface area contributed by atoms with Crippen LogP contribution in [0.5, 0.6) is 5.75 Å². The van der Waals surface area contributed by atoms with Gasteiger partial charge in [-0.1, -0.05) is 6.07 Å². The average Bonchev–Trinajstić information content (AvgIpc) is 2.38. The molecule has 1 heterocycles. The van der Waals surface area contributed by atoms with Crippen LogP contribution in [0.25, 0.3) is 10.9 Å². The van der Waals surface area contributed by atoms with Crippen molar-refractivity contribution in [3.63, 3.8) is 0 Å². The molecule has 1 aromatic heterocycles. The van der Waals surface area contributed by atoms with Gasteiger partial charge >= 0.3 is 0 Å². The second kappa shape index (κ2) is 4.80. The molecule has 5 nitrogen and oxygen atoms in total. The Kier molecular flexibility index (Phi) is 3.20. The van der Waals surface area contributed by atoms with Crippen LogP contribution < -0.4 is 16.0 Å². The Hall–Kier alpha value is -2.14. The van der Waals surface area contributed by atoms with Crippen molar-refractivity contribution in [1.29, 1.82) is 0 Å². The maximum absolute atomic E-state index is 11.6. The van der Waals surface area contributed by atoms with Gasteiger partial charge in [-0.2, -0.15) is 0 Å². The minimum absolute atomic E-state index is 0.342. The normalized spacial score (nSPS) is 10.2. The van der Waals surface area contributed by atoms with E-state index < -0.39 is 0 Å². The molecule has 0 aliphatic rings. The number of amides is 1. The highest BCUT2D eigenvalue weighted by atomic mass is 16.5. The van der Waals surface area contributed by atoms with E-state index in [1.54, 1.807) is 24.4 Å². The molecule has 2 aromatic rings. The number of nitrogens with two attached hydrogens (primary N) is 1. The second-order valence-electron chi connectivity index (χ2n) is 3.42. The Bertz CT molecular complexity index is 554. The van der Waals surface area contributed by atoms with Crippen molar-refractivity contribution in [3.05, 3.63) is 36.0 Å². The van der Waals surface area contributed by atoms with Crippen molar-refractivity contribution in [2.45, 2.75) is 6.92 Å². The third kappa shape index (κ3) is 2.05. The zero-order valence-corrected chi connectivity index (χ0v) is 9.43. The van der Waals surface area contributed by atoms with E-state index in [0.29, 0.717) is 23.4 Å². The third-order valence-corrected chi connectivity index (χ3v) is 2.41. The number of aromatic nitrogens is 1. The van der Waals surface area contributed by atoms with Crippen LogP contribution in [0.4, 0.5) is 0 Å². The number of rotatable bonds is 3. The highest BCUT2D eigenvalue weighted by molar-refractivity contribution is 6.07. The van der Waals surface area contributed by atoms with Gasteiger partial charge in [0.25, 0.3) is 5.91 Å². The van der Waals surface area contributed by atoms with Gasteiger partial charge in [0.1, 0.15) is 11.3 Å². The summed E-state index contributed by atoms with van der Waals surface area (Å²) in [6.07, 6.45) is 1.66. The van der Waals surface area contributed by atoms with Crippen LogP contribution in [-0.2, 0) is 0 Å². The van der Waals surface area contributed by atoms with Gasteiger partial charge in [0.05, 0.1) is 12.2 Å². The highest BCUT2D eigenvalue weighted by Crippen LogP contribution is 2.26. The fourth-order valence-electron chi connectivity index (χ4n) is 1.69. The number of fused-ring (bicyclic) bond motifs is 1. The molecule has 17 heavy (non-hydrogen) atoms. The number of pyridine rings is 1. The number of ether oxygens (including phenoxy) is 1. The number of nitrogen functional groups attached to an aromatic ring is 1. The van der Waals surface area contributed by atoms with Gasteiger partial charge in [-0.15, -0.1) is 0 Å². The van der Waals surface area contributed by atoms with Crippen molar-refractivity contribution < 1.29 is 9.53 Å². The summed E-state index contributed by atoms with van der Waals surface area (Å²) in [6.45, 7) is 2.45. The number of carbonyl (C=O) groups excluding carboxylic acids is 1. The molecule has 2 rings (SSSR count). The van der Waals surface area contributed by atoms with E-state index in [1.807, 2.05) is 13.0 Å². The van der Waals surface area contributed by atoms with Gasteiger partial charge in [-0.25, -0.2) is 5.84 Å². The summed E-state index contributed by atoms with van der Waals surface area (Å²) in [5.41, 5.74) is 3.27. The molecule has 88 valence electrons. The van der Waals surface area contributed by atoms with Gasteiger partial charge in [-0.3, -0.25) is 15.2 Å². The first-order valence-corrected chi connectivity index (χ1v) is 5.29. The lowest BCUT2D eigenvalue weighted by Gasteiger charge is -2.09. The van der Waals surface area contributed by atoms with E-state index in [9.17, 15) is 4.79 Å². The van der Waals surface area contributed by atoms with Crippen LogP contribution in [0.1, 0.15) is 17.3 Å². The Morgan fingerprint density at radius 2 is 2.29 bits per heavy atom. The predicted octanol–water partition coefficient (Wildman–Crippen LogP) is 1.24. The summed E-state index contributed by atoms with van der Waals surface area (Å²) in [6, 6.07) is 6.99. The Balaban J connectivity index is 2.66. The van der Waals surface area contributed by atoms with E-state index in [-0.39, 0.29) is 5.91 Å². The molecule has 1 aromatic carbocycles. The van der Waals surface area contributed by atoms with Gasteiger partial charge in [-0.05, 0) is 25.1 Å². The molecule has 1 amide bonds. The van der Waals surface area contributed by atoms with Crippen molar-refractivity contribution in [1.82, 2.24) is 10.4 Å². The van der Waals surface area contributed by atoms with Crippen LogP contribution >= 0.6 is 0 Å². The molecule has 0 unspecified atom stereocenters. The molecular formula is C12H13N3O2. The fraction of sp³-hybridized carbons (Fsp3) is 0.167. The van der Waals surface area contributed by atoms with Crippen LogP contribution in [0.2, 0.25) is 0 Å². The lowest BCUT2D eigenvalue weighted by Crippen LogP contribution is -2.30. The molecule has 0 saturated carbocycles. The molecule has 0 aliphatic carbocycles. The molecular weight excluding hydrogens is 218 g/mol. The molecule has 0 bridgehead atoms. The Morgan fingerprint density at radius 1 is 1.47 bits per heavy atom. The number of hydrogen-bond acceptors (Lipinski definition) is 4. The SMILES string of the molecule is CCOc1ccc(C(=O)NN)c2cccnc12. The van der Waals surface area contributed by atoms with E-state index in [4.69, 9.17) is 10.6 Å². The minimum Gasteiger partial charge on any atom is -0.492 e. The smallest absolute Gasteiger partial charge is 0.265 e. The van der Waals surface area contributed by atoms with Gasteiger partial charge in [0.15, 0.2) is 0 Å². The number of carbonyl (C=O) groups is 1. The highest BCUT2D eigenvalue weighted by Gasteiger charge is 2.12. The monoisotopic (exact) mass is 231 g/mol. The summed E-state index contributed by atoms with van der Waals surface area (Å²) in [4.78, 5) is 15.8. The van der Waals surface area contributed by atoms with Crippen LogP contribution in [-0.4, -0.2) is 17.5 Å². The van der Waals surface area contributed by atoms with E-state index in [1.165, 1.54) is 0 Å². The minimum atomic E-state index is -0.342. The molecule has 0 fully saturated rings. The summed E-state index contributed by atoms with van der Waals surface area (Å²) >= 11 is 0.